The molecule has 5 heteroatoms. The van der Waals surface area contributed by atoms with E-state index in [-0.39, 0.29) is 12.0 Å². The van der Waals surface area contributed by atoms with Gasteiger partial charge in [-0.1, -0.05) is 0 Å². The van der Waals surface area contributed by atoms with E-state index < -0.39 is 5.54 Å². The van der Waals surface area contributed by atoms with E-state index >= 15 is 0 Å². The van der Waals surface area contributed by atoms with E-state index in [1.165, 1.54) is 0 Å². The van der Waals surface area contributed by atoms with Crippen LogP contribution in [-0.4, -0.2) is 44.4 Å². The smallest absolute Gasteiger partial charge is 0.237 e. The standard InChI is InChI=1S/C9H18N2O3/c1-9(11-2,8(10)12)3-4-14-7-5-13-6-7/h7,11H,3-6H2,1-2H3,(H2,10,12). The Balaban J connectivity index is 2.22. The number of carbonyl (C=O) groups is 1. The minimum absolute atomic E-state index is 0.198. The van der Waals surface area contributed by atoms with Crippen molar-refractivity contribution in [1.29, 1.82) is 0 Å². The molecule has 0 aromatic carbocycles. The third-order valence-corrected chi connectivity index (χ3v) is 2.66. The number of amides is 1. The molecule has 14 heavy (non-hydrogen) atoms. The Morgan fingerprint density at radius 2 is 2.36 bits per heavy atom. The molecule has 1 fully saturated rings. The summed E-state index contributed by atoms with van der Waals surface area (Å²) in [6.45, 7) is 3.62. The number of carbonyl (C=O) groups excluding carboxylic acids is 1. The lowest BCUT2D eigenvalue weighted by molar-refractivity contribution is -0.136. The molecule has 1 saturated heterocycles. The Morgan fingerprint density at radius 1 is 1.71 bits per heavy atom. The third kappa shape index (κ3) is 2.67. The van der Waals surface area contributed by atoms with Crippen LogP contribution < -0.4 is 11.1 Å². The Bertz CT molecular complexity index is 206. The first kappa shape index (κ1) is 11.4. The van der Waals surface area contributed by atoms with Crippen LogP contribution in [0, 0.1) is 0 Å². The van der Waals surface area contributed by atoms with Crippen molar-refractivity contribution >= 4 is 5.91 Å². The minimum atomic E-state index is -0.676. The SMILES string of the molecule is CNC(C)(CCOC1COC1)C(N)=O. The molecule has 1 atom stereocenters. The number of ether oxygens (including phenoxy) is 2. The summed E-state index contributed by atoms with van der Waals surface area (Å²) in [7, 11) is 1.72. The zero-order valence-electron chi connectivity index (χ0n) is 8.71. The maximum absolute atomic E-state index is 11.1. The van der Waals surface area contributed by atoms with Crippen molar-refractivity contribution in [2.45, 2.75) is 25.0 Å². The highest BCUT2D eigenvalue weighted by Crippen LogP contribution is 2.11. The molecule has 0 spiro atoms. The number of hydrogen-bond acceptors (Lipinski definition) is 4. The van der Waals surface area contributed by atoms with Crippen molar-refractivity contribution in [3.05, 3.63) is 0 Å². The second kappa shape index (κ2) is 4.72. The van der Waals surface area contributed by atoms with Crippen LogP contribution in [0.3, 0.4) is 0 Å². The fourth-order valence-electron chi connectivity index (χ4n) is 1.11. The van der Waals surface area contributed by atoms with Crippen LogP contribution in [0.1, 0.15) is 13.3 Å². The third-order valence-electron chi connectivity index (χ3n) is 2.66. The van der Waals surface area contributed by atoms with Crippen LogP contribution in [0.4, 0.5) is 0 Å². The predicted octanol–water partition coefficient (Wildman–Crippen LogP) is -0.745. The lowest BCUT2D eigenvalue weighted by atomic mass is 9.98. The van der Waals surface area contributed by atoms with E-state index in [0.717, 1.165) is 0 Å². The number of primary amides is 1. The molecule has 3 N–H and O–H groups in total. The summed E-state index contributed by atoms with van der Waals surface area (Å²) in [5.41, 5.74) is 4.59. The van der Waals surface area contributed by atoms with E-state index in [1.807, 2.05) is 0 Å². The van der Waals surface area contributed by atoms with E-state index in [1.54, 1.807) is 14.0 Å². The summed E-state index contributed by atoms with van der Waals surface area (Å²) < 4.78 is 10.4. The van der Waals surface area contributed by atoms with Gasteiger partial charge in [0.15, 0.2) is 0 Å². The van der Waals surface area contributed by atoms with Gasteiger partial charge in [-0.2, -0.15) is 0 Å². The highest BCUT2D eigenvalue weighted by Gasteiger charge is 2.29. The summed E-state index contributed by atoms with van der Waals surface area (Å²) >= 11 is 0. The summed E-state index contributed by atoms with van der Waals surface area (Å²) in [6.07, 6.45) is 0.777. The first-order chi connectivity index (χ1) is 6.58. The molecule has 0 aromatic heterocycles. The van der Waals surface area contributed by atoms with Crippen molar-refractivity contribution in [2.24, 2.45) is 5.73 Å². The van der Waals surface area contributed by atoms with Crippen molar-refractivity contribution in [1.82, 2.24) is 5.32 Å². The quantitative estimate of drug-likeness (QED) is 0.594. The predicted molar refractivity (Wildman–Crippen MR) is 51.8 cm³/mol. The van der Waals surface area contributed by atoms with Gasteiger partial charge in [-0.05, 0) is 20.4 Å². The van der Waals surface area contributed by atoms with Gasteiger partial charge < -0.3 is 20.5 Å². The normalized spacial score (nSPS) is 21.3. The second-order valence-electron chi connectivity index (χ2n) is 3.73. The van der Waals surface area contributed by atoms with Crippen LogP contribution in [0.25, 0.3) is 0 Å². The van der Waals surface area contributed by atoms with Crippen molar-refractivity contribution in [3.8, 4) is 0 Å². The number of rotatable bonds is 6. The molecule has 0 bridgehead atoms. The van der Waals surface area contributed by atoms with E-state index in [0.29, 0.717) is 26.2 Å². The van der Waals surface area contributed by atoms with Crippen LogP contribution in [-0.2, 0) is 14.3 Å². The van der Waals surface area contributed by atoms with E-state index in [4.69, 9.17) is 15.2 Å². The van der Waals surface area contributed by atoms with Crippen LogP contribution in [0.15, 0.2) is 0 Å². The average molecular weight is 202 g/mol. The first-order valence-electron chi connectivity index (χ1n) is 4.76. The van der Waals surface area contributed by atoms with Gasteiger partial charge in [-0.3, -0.25) is 4.79 Å². The molecule has 0 radical (unpaired) electrons. The van der Waals surface area contributed by atoms with Crippen LogP contribution >= 0.6 is 0 Å². The molecule has 5 nitrogen and oxygen atoms in total. The molecule has 1 aliphatic heterocycles. The number of nitrogens with one attached hydrogen (secondary N) is 1. The first-order valence-corrected chi connectivity index (χ1v) is 4.76. The zero-order chi connectivity index (χ0) is 10.6. The molecule has 1 heterocycles. The van der Waals surface area contributed by atoms with Gasteiger partial charge in [0.2, 0.25) is 5.91 Å². The highest BCUT2D eigenvalue weighted by molar-refractivity contribution is 5.84. The van der Waals surface area contributed by atoms with Gasteiger partial charge in [0.1, 0.15) is 6.10 Å². The van der Waals surface area contributed by atoms with Crippen molar-refractivity contribution in [2.75, 3.05) is 26.9 Å². The fraction of sp³-hybridized carbons (Fsp3) is 0.889. The number of hydrogen-bond donors (Lipinski definition) is 2. The number of likely N-dealkylation sites (N-methyl/N-ethyl adjacent to an activating group) is 1. The topological polar surface area (TPSA) is 73.6 Å². The zero-order valence-corrected chi connectivity index (χ0v) is 8.71. The van der Waals surface area contributed by atoms with E-state index in [2.05, 4.69) is 5.32 Å². The summed E-state index contributed by atoms with van der Waals surface area (Å²) in [5.74, 6) is -0.353. The Morgan fingerprint density at radius 3 is 2.71 bits per heavy atom. The van der Waals surface area contributed by atoms with Gasteiger partial charge in [-0.15, -0.1) is 0 Å². The van der Waals surface area contributed by atoms with E-state index in [9.17, 15) is 4.79 Å². The molecule has 0 aromatic rings. The van der Waals surface area contributed by atoms with Gasteiger partial charge in [0.25, 0.3) is 0 Å². The summed E-state index contributed by atoms with van der Waals surface area (Å²) in [6, 6.07) is 0. The fourth-order valence-corrected chi connectivity index (χ4v) is 1.11. The monoisotopic (exact) mass is 202 g/mol. The second-order valence-corrected chi connectivity index (χ2v) is 3.73. The molecule has 1 rings (SSSR count). The molecule has 1 amide bonds. The van der Waals surface area contributed by atoms with Crippen LogP contribution in [0.5, 0.6) is 0 Å². The Hall–Kier alpha value is -0.650. The minimum Gasteiger partial charge on any atom is -0.376 e. The van der Waals surface area contributed by atoms with Gasteiger partial charge >= 0.3 is 0 Å². The molecule has 0 aliphatic carbocycles. The molecular weight excluding hydrogens is 184 g/mol. The molecule has 82 valence electrons. The molecule has 0 saturated carbocycles. The van der Waals surface area contributed by atoms with Crippen molar-refractivity contribution < 1.29 is 14.3 Å². The number of nitrogens with two attached hydrogens (primary N) is 1. The van der Waals surface area contributed by atoms with Gasteiger partial charge in [-0.25, -0.2) is 0 Å². The molecule has 1 aliphatic rings. The maximum atomic E-state index is 11.1. The van der Waals surface area contributed by atoms with Crippen LogP contribution in [0.2, 0.25) is 0 Å². The lowest BCUT2D eigenvalue weighted by Crippen LogP contribution is -2.52. The lowest BCUT2D eigenvalue weighted by Gasteiger charge is -2.29. The highest BCUT2D eigenvalue weighted by atomic mass is 16.6. The molecular formula is C9H18N2O3. The van der Waals surface area contributed by atoms with Gasteiger partial charge in [0, 0.05) is 6.61 Å². The summed E-state index contributed by atoms with van der Waals surface area (Å²) in [4.78, 5) is 11.1. The van der Waals surface area contributed by atoms with Gasteiger partial charge in [0.05, 0.1) is 18.8 Å². The van der Waals surface area contributed by atoms with Crippen molar-refractivity contribution in [3.63, 3.8) is 0 Å². The average Bonchev–Trinajstić information content (AvgIpc) is 2.08. The Labute approximate surface area is 83.9 Å². The molecule has 1 unspecified atom stereocenters. The Kier molecular flexibility index (Phi) is 3.86. The maximum Gasteiger partial charge on any atom is 0.237 e. The largest absolute Gasteiger partial charge is 0.376 e. The summed E-state index contributed by atoms with van der Waals surface area (Å²) in [5, 5.41) is 2.90.